The summed E-state index contributed by atoms with van der Waals surface area (Å²) in [5.74, 6) is 0.363. The van der Waals surface area contributed by atoms with Gasteiger partial charge in [0.1, 0.15) is 6.20 Å². The lowest BCUT2D eigenvalue weighted by molar-refractivity contribution is 0.226. The molecule has 1 unspecified atom stereocenters. The number of hydrogen-bond donors (Lipinski definition) is 0. The van der Waals surface area contributed by atoms with Crippen LogP contribution in [0.15, 0.2) is 6.20 Å². The molecule has 0 saturated carbocycles. The Labute approximate surface area is 98.3 Å². The lowest BCUT2D eigenvalue weighted by Gasteiger charge is -2.18. The van der Waals surface area contributed by atoms with Crippen molar-refractivity contribution >= 4 is 30.3 Å². The molecule has 1 aromatic heterocycles. The molecule has 15 heavy (non-hydrogen) atoms. The number of rotatable bonds is 7. The SMILES string of the molecule is CCCCOP(=S)(OC)Oc1cnsn1. The minimum atomic E-state index is -2.68. The molecule has 0 aliphatic carbocycles. The maximum absolute atomic E-state index is 5.41. The zero-order valence-corrected chi connectivity index (χ0v) is 11.1. The zero-order chi connectivity index (χ0) is 11.1. The van der Waals surface area contributed by atoms with E-state index in [1.165, 1.54) is 13.3 Å². The molecule has 5 nitrogen and oxygen atoms in total. The predicted molar refractivity (Wildman–Crippen MR) is 62.7 cm³/mol. The molecule has 0 fully saturated rings. The van der Waals surface area contributed by atoms with Crippen LogP contribution in [0.3, 0.4) is 0 Å². The van der Waals surface area contributed by atoms with Crippen molar-refractivity contribution in [3.05, 3.63) is 6.20 Å². The van der Waals surface area contributed by atoms with Crippen molar-refractivity contribution in [1.82, 2.24) is 8.75 Å². The van der Waals surface area contributed by atoms with E-state index in [9.17, 15) is 0 Å². The van der Waals surface area contributed by atoms with Crippen LogP contribution < -0.4 is 4.52 Å². The topological polar surface area (TPSA) is 53.5 Å². The molecule has 8 heteroatoms. The van der Waals surface area contributed by atoms with Gasteiger partial charge in [-0.2, -0.15) is 4.37 Å². The van der Waals surface area contributed by atoms with Crippen LogP contribution in [0.1, 0.15) is 19.8 Å². The number of aromatic nitrogens is 2. The van der Waals surface area contributed by atoms with Crippen LogP contribution in [0, 0.1) is 0 Å². The van der Waals surface area contributed by atoms with E-state index in [4.69, 9.17) is 25.4 Å². The van der Waals surface area contributed by atoms with Gasteiger partial charge in [-0.15, -0.1) is 4.37 Å². The lowest BCUT2D eigenvalue weighted by atomic mass is 10.4. The van der Waals surface area contributed by atoms with Gasteiger partial charge in [0, 0.05) is 18.9 Å². The summed E-state index contributed by atoms with van der Waals surface area (Å²) in [6.07, 6.45) is 3.46. The van der Waals surface area contributed by atoms with Gasteiger partial charge in [-0.1, -0.05) is 13.3 Å². The number of nitrogens with zero attached hydrogens (tertiary/aromatic N) is 2. The van der Waals surface area contributed by atoms with Crippen LogP contribution in [0.25, 0.3) is 0 Å². The first-order valence-corrected chi connectivity index (χ1v) is 7.76. The summed E-state index contributed by atoms with van der Waals surface area (Å²) >= 11 is 6.20. The molecule has 0 N–H and O–H groups in total. The Morgan fingerprint density at radius 3 is 2.93 bits per heavy atom. The second-order valence-corrected chi connectivity index (χ2v) is 6.25. The predicted octanol–water partition coefficient (Wildman–Crippen LogP) is 2.60. The fourth-order valence-electron chi connectivity index (χ4n) is 0.748. The van der Waals surface area contributed by atoms with Gasteiger partial charge in [-0.05, 0) is 6.42 Å². The van der Waals surface area contributed by atoms with Crippen molar-refractivity contribution < 1.29 is 13.6 Å². The lowest BCUT2D eigenvalue weighted by Crippen LogP contribution is -2.01. The summed E-state index contributed by atoms with van der Waals surface area (Å²) in [6, 6.07) is 0. The largest absolute Gasteiger partial charge is 0.403 e. The minimum Gasteiger partial charge on any atom is -0.403 e. The van der Waals surface area contributed by atoms with Gasteiger partial charge in [-0.3, -0.25) is 4.52 Å². The minimum absolute atomic E-state index is 0.363. The molecule has 0 radical (unpaired) electrons. The number of hydrogen-bond acceptors (Lipinski definition) is 7. The summed E-state index contributed by atoms with van der Waals surface area (Å²) in [5.41, 5.74) is 0. The van der Waals surface area contributed by atoms with Gasteiger partial charge in [-0.25, -0.2) is 0 Å². The molecular weight excluding hydrogens is 255 g/mol. The molecule has 0 bridgehead atoms. The molecule has 86 valence electrons. The Balaban J connectivity index is 2.49. The highest BCUT2D eigenvalue weighted by molar-refractivity contribution is 8.07. The Morgan fingerprint density at radius 1 is 1.60 bits per heavy atom. The third-order valence-electron chi connectivity index (χ3n) is 1.52. The Bertz CT molecular complexity index is 320. The van der Waals surface area contributed by atoms with Gasteiger partial charge in [0.2, 0.25) is 0 Å². The van der Waals surface area contributed by atoms with Gasteiger partial charge in [0.25, 0.3) is 5.88 Å². The molecule has 0 aliphatic heterocycles. The van der Waals surface area contributed by atoms with Crippen LogP contribution in [0.4, 0.5) is 0 Å². The van der Waals surface area contributed by atoms with Crippen LogP contribution in [-0.2, 0) is 20.9 Å². The second kappa shape index (κ2) is 6.50. The third kappa shape index (κ3) is 4.53. The second-order valence-electron chi connectivity index (χ2n) is 2.65. The summed E-state index contributed by atoms with van der Waals surface area (Å²) in [5, 5.41) is 0. The third-order valence-corrected chi connectivity index (χ3v) is 4.32. The molecule has 1 aromatic rings. The highest BCUT2D eigenvalue weighted by atomic mass is 32.5. The molecule has 0 aliphatic rings. The van der Waals surface area contributed by atoms with E-state index in [-0.39, 0.29) is 0 Å². The molecule has 0 spiro atoms. The normalized spacial score (nSPS) is 14.8. The molecule has 0 amide bonds. The molecule has 1 atom stereocenters. The fourth-order valence-corrected chi connectivity index (χ4v) is 2.51. The average Bonchev–Trinajstić information content (AvgIpc) is 2.71. The van der Waals surface area contributed by atoms with E-state index < -0.39 is 6.72 Å². The smallest absolute Gasteiger partial charge is 0.381 e. The highest BCUT2D eigenvalue weighted by Gasteiger charge is 2.21. The van der Waals surface area contributed by atoms with Crippen molar-refractivity contribution in [2.45, 2.75) is 19.8 Å². The van der Waals surface area contributed by atoms with E-state index in [0.717, 1.165) is 24.6 Å². The van der Waals surface area contributed by atoms with Gasteiger partial charge >= 0.3 is 6.72 Å². The van der Waals surface area contributed by atoms with Crippen molar-refractivity contribution in [1.29, 1.82) is 0 Å². The first-order valence-electron chi connectivity index (χ1n) is 4.47. The quantitative estimate of drug-likeness (QED) is 0.559. The molecule has 1 rings (SSSR count). The van der Waals surface area contributed by atoms with Gasteiger partial charge in [0.15, 0.2) is 0 Å². The van der Waals surface area contributed by atoms with E-state index in [0.29, 0.717) is 12.5 Å². The average molecular weight is 268 g/mol. The van der Waals surface area contributed by atoms with Crippen LogP contribution in [0.2, 0.25) is 0 Å². The maximum Gasteiger partial charge on any atom is 0.381 e. The van der Waals surface area contributed by atoms with Gasteiger partial charge < -0.3 is 9.05 Å². The number of unbranched alkanes of at least 4 members (excludes halogenated alkanes) is 1. The first-order chi connectivity index (χ1) is 7.20. The fraction of sp³-hybridized carbons (Fsp3) is 0.714. The van der Waals surface area contributed by atoms with Crippen molar-refractivity contribution in [3.8, 4) is 5.88 Å². The van der Waals surface area contributed by atoms with Crippen molar-refractivity contribution in [2.24, 2.45) is 0 Å². The van der Waals surface area contributed by atoms with E-state index >= 15 is 0 Å². The standard InChI is InChI=1S/C7H13N2O3PS2/c1-3-4-5-11-13(14,10-2)12-7-6-8-15-9-7/h6H,3-5H2,1-2H3. The van der Waals surface area contributed by atoms with Crippen LogP contribution in [-0.4, -0.2) is 22.5 Å². The Kier molecular flexibility index (Phi) is 5.63. The Morgan fingerprint density at radius 2 is 2.40 bits per heavy atom. The summed E-state index contributed by atoms with van der Waals surface area (Å²) in [7, 11) is 1.48. The van der Waals surface area contributed by atoms with E-state index in [1.807, 2.05) is 0 Å². The summed E-state index contributed by atoms with van der Waals surface area (Å²) in [4.78, 5) is 0. The van der Waals surface area contributed by atoms with Gasteiger partial charge in [0.05, 0.1) is 18.3 Å². The summed E-state index contributed by atoms with van der Waals surface area (Å²) < 4.78 is 23.5. The van der Waals surface area contributed by atoms with Crippen LogP contribution >= 0.6 is 18.4 Å². The molecular formula is C7H13N2O3PS2. The van der Waals surface area contributed by atoms with Crippen LogP contribution in [0.5, 0.6) is 5.88 Å². The first kappa shape index (κ1) is 13.0. The van der Waals surface area contributed by atoms with E-state index in [1.54, 1.807) is 0 Å². The molecule has 1 heterocycles. The summed E-state index contributed by atoms with van der Waals surface area (Å²) in [6.45, 7) is -0.0660. The zero-order valence-electron chi connectivity index (χ0n) is 8.58. The molecule has 0 aromatic carbocycles. The molecule has 0 saturated heterocycles. The maximum atomic E-state index is 5.41. The van der Waals surface area contributed by atoms with E-state index in [2.05, 4.69) is 15.7 Å². The Hall–Kier alpha value is -0.0700. The highest BCUT2D eigenvalue weighted by Crippen LogP contribution is 2.48. The van der Waals surface area contributed by atoms with Crippen molar-refractivity contribution in [3.63, 3.8) is 0 Å². The van der Waals surface area contributed by atoms with Crippen molar-refractivity contribution in [2.75, 3.05) is 13.7 Å². The monoisotopic (exact) mass is 268 g/mol.